The highest BCUT2D eigenvalue weighted by Gasteiger charge is 2.46. The molecule has 4 amide bonds. The zero-order valence-electron chi connectivity index (χ0n) is 21.0. The minimum absolute atomic E-state index is 0.0541. The van der Waals surface area contributed by atoms with Gasteiger partial charge in [0.15, 0.2) is 5.82 Å². The summed E-state index contributed by atoms with van der Waals surface area (Å²) in [5, 5.41) is -0.457. The van der Waals surface area contributed by atoms with Gasteiger partial charge in [-0.2, -0.15) is 0 Å². The van der Waals surface area contributed by atoms with Crippen LogP contribution in [0.4, 0.5) is 28.9 Å². The molecule has 0 bridgehead atoms. The lowest BCUT2D eigenvalue weighted by Crippen LogP contribution is -2.43. The molecular weight excluding hydrogens is 512 g/mol. The summed E-state index contributed by atoms with van der Waals surface area (Å²) in [4.78, 5) is 50.7. The van der Waals surface area contributed by atoms with Crippen LogP contribution in [0.1, 0.15) is 26.3 Å². The van der Waals surface area contributed by atoms with Crippen LogP contribution in [-0.2, 0) is 20.9 Å². The van der Waals surface area contributed by atoms with Crippen LogP contribution in [-0.4, -0.2) is 66.6 Å². The fourth-order valence-corrected chi connectivity index (χ4v) is 3.22. The summed E-state index contributed by atoms with van der Waals surface area (Å²) in [7, 11) is 3.32. The maximum Gasteiger partial charge on any atom is 0.419 e. The van der Waals surface area contributed by atoms with Crippen molar-refractivity contribution in [3.63, 3.8) is 0 Å². The molecule has 37 heavy (non-hydrogen) atoms. The number of hydrogen-bond donors (Lipinski definition) is 0. The Kier molecular flexibility index (Phi) is 9.96. The Morgan fingerprint density at radius 3 is 2.27 bits per heavy atom. The van der Waals surface area contributed by atoms with E-state index in [4.69, 9.17) is 21.1 Å². The molecule has 0 aliphatic carbocycles. The fourth-order valence-electron chi connectivity index (χ4n) is 3.06. The van der Waals surface area contributed by atoms with Crippen LogP contribution in [0.5, 0.6) is 0 Å². The van der Waals surface area contributed by atoms with E-state index >= 15 is 0 Å². The lowest BCUT2D eigenvalue weighted by molar-refractivity contribution is -0.110. The first-order chi connectivity index (χ1) is 17.3. The van der Waals surface area contributed by atoms with Crippen molar-refractivity contribution >= 4 is 41.8 Å². The molecule has 0 aromatic heterocycles. The van der Waals surface area contributed by atoms with Gasteiger partial charge < -0.3 is 19.2 Å². The van der Waals surface area contributed by atoms with Gasteiger partial charge in [-0.1, -0.05) is 41.9 Å². The van der Waals surface area contributed by atoms with Crippen LogP contribution < -0.4 is 4.90 Å². The maximum atomic E-state index is 13.1. The smallest absolute Gasteiger partial charge is 0.419 e. The number of rotatable bonds is 4. The molecule has 200 valence electrons. The molecule has 1 atom stereocenters. The Hall–Kier alpha value is -3.73. The normalized spacial score (nSPS) is 15.0. The van der Waals surface area contributed by atoms with Crippen molar-refractivity contribution in [3.05, 3.63) is 64.7 Å². The predicted molar refractivity (Wildman–Crippen MR) is 132 cm³/mol. The molecule has 0 spiro atoms. The highest BCUT2D eigenvalue weighted by atomic mass is 35.5. The number of urea groups is 1. The minimum atomic E-state index is -1.11. The van der Waals surface area contributed by atoms with Gasteiger partial charge in [0.1, 0.15) is 35.4 Å². The standard InChI is InChI=1S/C17H20N2O6.C8H8ClF2N/c1-17(2,3)25-15(22)18-9-13(10-20)19(14(18)21)16(23)24-11-12-7-5-4-6-8-12;1-12(2)6-4-3-5(10)7(9)8(6)11/h4-8,10,13H,9,11H2,1-3H3;3-4H,1-2H3. The Morgan fingerprint density at radius 1 is 1.11 bits per heavy atom. The Bertz CT molecular complexity index is 1140. The first-order valence-corrected chi connectivity index (χ1v) is 11.4. The summed E-state index contributed by atoms with van der Waals surface area (Å²) in [5.41, 5.74) is 0.200. The van der Waals surface area contributed by atoms with E-state index in [0.29, 0.717) is 16.1 Å². The second kappa shape index (κ2) is 12.5. The summed E-state index contributed by atoms with van der Waals surface area (Å²) in [6.45, 7) is 4.62. The van der Waals surface area contributed by atoms with E-state index in [1.165, 1.54) is 11.0 Å². The minimum Gasteiger partial charge on any atom is -0.444 e. The van der Waals surface area contributed by atoms with Gasteiger partial charge in [0.25, 0.3) is 0 Å². The lowest BCUT2D eigenvalue weighted by Gasteiger charge is -2.23. The number of carbonyl (C=O) groups excluding carboxylic acids is 4. The first-order valence-electron chi connectivity index (χ1n) is 11.1. The van der Waals surface area contributed by atoms with Crippen molar-refractivity contribution in [2.45, 2.75) is 39.0 Å². The van der Waals surface area contributed by atoms with Crippen LogP contribution in [0.25, 0.3) is 0 Å². The summed E-state index contributed by atoms with van der Waals surface area (Å²) in [5.74, 6) is -1.46. The Morgan fingerprint density at radius 2 is 1.73 bits per heavy atom. The number of ether oxygens (including phenoxy) is 2. The van der Waals surface area contributed by atoms with Crippen LogP contribution in [0, 0.1) is 11.6 Å². The zero-order valence-corrected chi connectivity index (χ0v) is 21.8. The Balaban J connectivity index is 0.000000335. The molecule has 2 aromatic carbocycles. The van der Waals surface area contributed by atoms with Gasteiger partial charge in [-0.05, 0) is 38.5 Å². The van der Waals surface area contributed by atoms with Gasteiger partial charge >= 0.3 is 18.2 Å². The SMILES string of the molecule is CC(C)(C)OC(=O)N1CC(C=O)N(C(=O)OCc2ccccc2)C1=O.CN(C)c1ccc(F)c(Cl)c1F. The molecule has 2 aromatic rings. The number of halogens is 3. The molecule has 0 N–H and O–H groups in total. The van der Waals surface area contributed by atoms with Crippen molar-refractivity contribution in [2.24, 2.45) is 0 Å². The van der Waals surface area contributed by atoms with Gasteiger partial charge in [0.2, 0.25) is 0 Å². The molecule has 0 saturated carbocycles. The molecule has 1 fully saturated rings. The highest BCUT2D eigenvalue weighted by molar-refractivity contribution is 6.31. The van der Waals surface area contributed by atoms with Gasteiger partial charge in [-0.3, -0.25) is 0 Å². The van der Waals surface area contributed by atoms with Crippen LogP contribution in [0.2, 0.25) is 5.02 Å². The van der Waals surface area contributed by atoms with Gasteiger partial charge in [-0.25, -0.2) is 33.0 Å². The molecular formula is C25H28ClF2N3O6. The predicted octanol–water partition coefficient (Wildman–Crippen LogP) is 5.25. The van der Waals surface area contributed by atoms with E-state index in [9.17, 15) is 28.0 Å². The third kappa shape index (κ3) is 7.88. The average Bonchev–Trinajstić information content (AvgIpc) is 3.17. The Labute approximate surface area is 218 Å². The number of benzene rings is 2. The van der Waals surface area contributed by atoms with E-state index in [-0.39, 0.29) is 18.8 Å². The van der Waals surface area contributed by atoms with E-state index in [1.54, 1.807) is 59.1 Å². The number of amides is 4. The third-order valence-electron chi connectivity index (χ3n) is 4.81. The summed E-state index contributed by atoms with van der Waals surface area (Å²) >= 11 is 5.35. The third-order valence-corrected chi connectivity index (χ3v) is 5.15. The van der Waals surface area contributed by atoms with Gasteiger partial charge in [0.05, 0.1) is 12.2 Å². The fraction of sp³-hybridized carbons (Fsp3) is 0.360. The molecule has 3 rings (SSSR count). The van der Waals surface area contributed by atoms with E-state index in [2.05, 4.69) is 0 Å². The average molecular weight is 540 g/mol. The zero-order chi connectivity index (χ0) is 27.9. The molecule has 0 radical (unpaired) electrons. The lowest BCUT2D eigenvalue weighted by atomic mass is 10.2. The number of carbonyl (C=O) groups is 4. The highest BCUT2D eigenvalue weighted by Crippen LogP contribution is 2.26. The summed E-state index contributed by atoms with van der Waals surface area (Å²) < 4.78 is 35.9. The number of nitrogens with zero attached hydrogens (tertiary/aromatic N) is 3. The summed E-state index contributed by atoms with van der Waals surface area (Å²) in [6.07, 6.45) is -1.48. The molecule has 12 heteroatoms. The van der Waals surface area contributed by atoms with Crippen LogP contribution in [0.3, 0.4) is 0 Å². The van der Waals surface area contributed by atoms with Gasteiger partial charge in [-0.15, -0.1) is 0 Å². The number of hydrogen-bond acceptors (Lipinski definition) is 7. The van der Waals surface area contributed by atoms with E-state index in [0.717, 1.165) is 11.6 Å². The molecule has 9 nitrogen and oxygen atoms in total. The van der Waals surface area contributed by atoms with Crippen molar-refractivity contribution < 1.29 is 37.4 Å². The number of anilines is 1. The maximum absolute atomic E-state index is 13.1. The van der Waals surface area contributed by atoms with Crippen molar-refractivity contribution in [2.75, 3.05) is 25.5 Å². The van der Waals surface area contributed by atoms with Crippen molar-refractivity contribution in [3.8, 4) is 0 Å². The molecule has 1 unspecified atom stereocenters. The largest absolute Gasteiger partial charge is 0.444 e. The second-order valence-corrected chi connectivity index (χ2v) is 9.45. The topological polar surface area (TPSA) is 96.5 Å². The van der Waals surface area contributed by atoms with Gasteiger partial charge in [0, 0.05) is 14.1 Å². The second-order valence-electron chi connectivity index (χ2n) is 9.08. The van der Waals surface area contributed by atoms with Crippen LogP contribution >= 0.6 is 11.6 Å². The molecule has 1 aliphatic rings. The summed E-state index contributed by atoms with van der Waals surface area (Å²) in [6, 6.07) is 9.32. The number of aldehydes is 1. The molecule has 1 saturated heterocycles. The quantitative estimate of drug-likeness (QED) is 0.387. The van der Waals surface area contributed by atoms with E-state index < -0.39 is 46.5 Å². The number of imide groups is 2. The van der Waals surface area contributed by atoms with E-state index in [1.807, 2.05) is 6.07 Å². The first kappa shape index (κ1) is 29.5. The van der Waals surface area contributed by atoms with Crippen molar-refractivity contribution in [1.82, 2.24) is 9.80 Å². The molecule has 1 heterocycles. The molecule has 1 aliphatic heterocycles. The monoisotopic (exact) mass is 539 g/mol. The van der Waals surface area contributed by atoms with Crippen molar-refractivity contribution in [1.29, 1.82) is 0 Å². The van der Waals surface area contributed by atoms with Crippen LogP contribution in [0.15, 0.2) is 42.5 Å².